The zero-order valence-corrected chi connectivity index (χ0v) is 19.4. The minimum absolute atomic E-state index is 0. The van der Waals surface area contributed by atoms with Crippen LogP contribution in [0.15, 0.2) is 29.2 Å². The standard InChI is InChI=1S/C22H27N7O3.ClH/c1-3-29-19(23)17(20(24)31)18(30)14-11-26-22(28-21(14)29)27-15-5-4-13(10-16(15)32-2)12-6-8-25-9-7-12;/h4-5,10-12,25H,3,6-9,23H2,1-2H3,(H2,24,31)(H,26,27,28);1H. The Balaban J connectivity index is 0.00000306. The van der Waals surface area contributed by atoms with E-state index < -0.39 is 11.3 Å². The molecule has 1 fully saturated rings. The first-order valence-corrected chi connectivity index (χ1v) is 10.6. The first-order valence-electron chi connectivity index (χ1n) is 10.6. The monoisotopic (exact) mass is 473 g/mol. The highest BCUT2D eigenvalue weighted by molar-refractivity contribution is 6.00. The normalized spacial score (nSPS) is 14.0. The van der Waals surface area contributed by atoms with Crippen molar-refractivity contribution in [3.8, 4) is 5.75 Å². The number of nitrogens with one attached hydrogen (secondary N) is 2. The number of aryl methyl sites for hydroxylation is 1. The van der Waals surface area contributed by atoms with E-state index in [-0.39, 0.29) is 35.1 Å². The van der Waals surface area contributed by atoms with Crippen LogP contribution in [-0.4, -0.2) is 40.6 Å². The molecule has 0 aliphatic carbocycles. The van der Waals surface area contributed by atoms with Crippen molar-refractivity contribution in [1.82, 2.24) is 19.9 Å². The molecule has 1 aliphatic rings. The number of nitrogens with zero attached hydrogens (tertiary/aromatic N) is 3. The molecule has 3 aromatic rings. The number of rotatable bonds is 6. The first-order chi connectivity index (χ1) is 15.4. The van der Waals surface area contributed by atoms with E-state index in [9.17, 15) is 9.59 Å². The number of anilines is 3. The quantitative estimate of drug-likeness (QED) is 0.425. The summed E-state index contributed by atoms with van der Waals surface area (Å²) in [5.41, 5.74) is 12.8. The molecule has 1 amide bonds. The van der Waals surface area contributed by atoms with E-state index in [0.29, 0.717) is 29.5 Å². The number of piperidine rings is 1. The number of pyridine rings is 1. The molecule has 0 radical (unpaired) electrons. The van der Waals surface area contributed by atoms with Crippen molar-refractivity contribution in [2.24, 2.45) is 5.73 Å². The zero-order chi connectivity index (χ0) is 22.8. The van der Waals surface area contributed by atoms with Crippen molar-refractivity contribution in [2.45, 2.75) is 32.2 Å². The second-order valence-electron chi connectivity index (χ2n) is 7.74. The number of methoxy groups -OCH3 is 1. The van der Waals surface area contributed by atoms with Crippen molar-refractivity contribution in [2.75, 3.05) is 31.2 Å². The molecule has 11 heteroatoms. The molecule has 0 spiro atoms. The molecule has 0 bridgehead atoms. The summed E-state index contributed by atoms with van der Waals surface area (Å²) in [6.45, 7) is 4.26. The number of aromatic nitrogens is 3. The summed E-state index contributed by atoms with van der Waals surface area (Å²) < 4.78 is 7.17. The van der Waals surface area contributed by atoms with Crippen LogP contribution in [-0.2, 0) is 6.54 Å². The number of nitrogens with two attached hydrogens (primary N) is 2. The van der Waals surface area contributed by atoms with Crippen LogP contribution in [0.4, 0.5) is 17.5 Å². The molecule has 0 unspecified atom stereocenters. The molecule has 33 heavy (non-hydrogen) atoms. The van der Waals surface area contributed by atoms with Gasteiger partial charge in [0.2, 0.25) is 11.4 Å². The van der Waals surface area contributed by atoms with Gasteiger partial charge in [-0.2, -0.15) is 4.98 Å². The summed E-state index contributed by atoms with van der Waals surface area (Å²) >= 11 is 0. The number of carbonyl (C=O) groups excluding carboxylic acids is 1. The molecule has 0 saturated carbocycles. The van der Waals surface area contributed by atoms with Crippen LogP contribution >= 0.6 is 12.4 Å². The number of primary amides is 1. The minimum Gasteiger partial charge on any atom is -0.495 e. The summed E-state index contributed by atoms with van der Waals surface area (Å²) in [6, 6.07) is 6.07. The topological polar surface area (TPSA) is 150 Å². The van der Waals surface area contributed by atoms with Crippen molar-refractivity contribution in [3.63, 3.8) is 0 Å². The lowest BCUT2D eigenvalue weighted by molar-refractivity contribution is 0.1000. The van der Waals surface area contributed by atoms with Gasteiger partial charge < -0.3 is 31.4 Å². The molecule has 2 aromatic heterocycles. The number of benzene rings is 1. The summed E-state index contributed by atoms with van der Waals surface area (Å²) in [7, 11) is 1.62. The fraction of sp³-hybridized carbons (Fsp3) is 0.364. The van der Waals surface area contributed by atoms with E-state index in [1.165, 1.54) is 11.8 Å². The van der Waals surface area contributed by atoms with Gasteiger partial charge in [0.15, 0.2) is 5.65 Å². The predicted octanol–water partition coefficient (Wildman–Crippen LogP) is 2.13. The largest absolute Gasteiger partial charge is 0.495 e. The number of halogens is 1. The van der Waals surface area contributed by atoms with Gasteiger partial charge in [-0.05, 0) is 56.5 Å². The minimum atomic E-state index is -0.877. The number of carbonyl (C=O) groups is 1. The average molecular weight is 474 g/mol. The Hall–Kier alpha value is -3.37. The van der Waals surface area contributed by atoms with E-state index in [1.54, 1.807) is 11.7 Å². The van der Waals surface area contributed by atoms with Gasteiger partial charge in [-0.1, -0.05) is 6.07 Å². The molecule has 1 saturated heterocycles. The van der Waals surface area contributed by atoms with Gasteiger partial charge in [-0.25, -0.2) is 4.98 Å². The van der Waals surface area contributed by atoms with Crippen molar-refractivity contribution in [1.29, 1.82) is 0 Å². The number of fused-ring (bicyclic) bond motifs is 1. The molecule has 0 atom stereocenters. The molecule has 176 valence electrons. The summed E-state index contributed by atoms with van der Waals surface area (Å²) in [6.07, 6.45) is 3.56. The maximum absolute atomic E-state index is 12.7. The van der Waals surface area contributed by atoms with Gasteiger partial charge in [0.1, 0.15) is 17.1 Å². The smallest absolute Gasteiger partial charge is 0.256 e. The van der Waals surface area contributed by atoms with Crippen LogP contribution in [0.3, 0.4) is 0 Å². The lowest BCUT2D eigenvalue weighted by Crippen LogP contribution is -2.28. The Morgan fingerprint density at radius 3 is 2.70 bits per heavy atom. The first kappa shape index (κ1) is 24.3. The SMILES string of the molecule is CCn1c(N)c(C(N)=O)c(=O)c2cnc(Nc3ccc(C4CCNCC4)cc3OC)nc21.Cl. The zero-order valence-electron chi connectivity index (χ0n) is 18.6. The molecule has 6 N–H and O–H groups in total. The maximum Gasteiger partial charge on any atom is 0.256 e. The molecular weight excluding hydrogens is 446 g/mol. The van der Waals surface area contributed by atoms with E-state index in [2.05, 4.69) is 26.7 Å². The Morgan fingerprint density at radius 1 is 1.33 bits per heavy atom. The van der Waals surface area contributed by atoms with Gasteiger partial charge in [0, 0.05) is 12.7 Å². The van der Waals surface area contributed by atoms with E-state index >= 15 is 0 Å². The Bertz CT molecular complexity index is 1240. The summed E-state index contributed by atoms with van der Waals surface area (Å²) in [4.78, 5) is 33.2. The fourth-order valence-corrected chi connectivity index (χ4v) is 4.20. The summed E-state index contributed by atoms with van der Waals surface area (Å²) in [5.74, 6) is 0.570. The second-order valence-corrected chi connectivity index (χ2v) is 7.74. The van der Waals surface area contributed by atoms with Gasteiger partial charge in [-0.15, -0.1) is 12.4 Å². The number of ether oxygens (including phenoxy) is 1. The highest BCUT2D eigenvalue weighted by atomic mass is 35.5. The third-order valence-corrected chi connectivity index (χ3v) is 5.89. The number of hydrogen-bond acceptors (Lipinski definition) is 8. The number of nitrogen functional groups attached to an aromatic ring is 1. The Kier molecular flexibility index (Phi) is 7.39. The lowest BCUT2D eigenvalue weighted by Gasteiger charge is -2.24. The number of amides is 1. The molecule has 1 aromatic carbocycles. The third kappa shape index (κ3) is 4.57. The second kappa shape index (κ2) is 10.1. The van der Waals surface area contributed by atoms with Gasteiger partial charge in [0.25, 0.3) is 5.91 Å². The van der Waals surface area contributed by atoms with E-state index in [1.807, 2.05) is 19.1 Å². The Labute approximate surface area is 197 Å². The predicted molar refractivity (Wildman–Crippen MR) is 131 cm³/mol. The lowest BCUT2D eigenvalue weighted by atomic mass is 9.90. The van der Waals surface area contributed by atoms with Crippen LogP contribution in [0, 0.1) is 0 Å². The third-order valence-electron chi connectivity index (χ3n) is 5.89. The van der Waals surface area contributed by atoms with Gasteiger partial charge in [-0.3, -0.25) is 9.59 Å². The van der Waals surface area contributed by atoms with Crippen LogP contribution in [0.5, 0.6) is 5.75 Å². The highest BCUT2D eigenvalue weighted by Crippen LogP contribution is 2.33. The maximum atomic E-state index is 12.7. The summed E-state index contributed by atoms with van der Waals surface area (Å²) in [5, 5.41) is 6.72. The van der Waals surface area contributed by atoms with Crippen LogP contribution < -0.4 is 32.3 Å². The average Bonchev–Trinajstić information content (AvgIpc) is 2.80. The van der Waals surface area contributed by atoms with Crippen LogP contribution in [0.25, 0.3) is 11.0 Å². The molecule has 1 aliphatic heterocycles. The molecule has 3 heterocycles. The van der Waals surface area contributed by atoms with Crippen molar-refractivity contribution < 1.29 is 9.53 Å². The Morgan fingerprint density at radius 2 is 2.06 bits per heavy atom. The highest BCUT2D eigenvalue weighted by Gasteiger charge is 2.21. The van der Waals surface area contributed by atoms with Gasteiger partial charge >= 0.3 is 0 Å². The van der Waals surface area contributed by atoms with Crippen molar-refractivity contribution in [3.05, 3.63) is 45.7 Å². The molecule has 4 rings (SSSR count). The fourth-order valence-electron chi connectivity index (χ4n) is 4.20. The molecule has 10 nitrogen and oxygen atoms in total. The van der Waals surface area contributed by atoms with E-state index in [0.717, 1.165) is 25.9 Å². The number of hydrogen-bond donors (Lipinski definition) is 4. The van der Waals surface area contributed by atoms with Crippen LogP contribution in [0.1, 0.15) is 41.6 Å². The van der Waals surface area contributed by atoms with Gasteiger partial charge in [0.05, 0.1) is 18.2 Å². The molecular formula is C22H28ClN7O3. The van der Waals surface area contributed by atoms with Crippen LogP contribution in [0.2, 0.25) is 0 Å². The van der Waals surface area contributed by atoms with Crippen molar-refractivity contribution >= 4 is 46.8 Å². The van der Waals surface area contributed by atoms with E-state index in [4.69, 9.17) is 16.2 Å².